The topological polar surface area (TPSA) is 24.8 Å². The van der Waals surface area contributed by atoms with Crippen molar-refractivity contribution in [2.45, 2.75) is 26.8 Å². The average Bonchev–Trinajstić information content (AvgIpc) is 2.38. The van der Waals surface area contributed by atoms with Crippen molar-refractivity contribution >= 4 is 21.8 Å². The largest absolute Gasteiger partial charge is 0.331 e. The van der Waals surface area contributed by atoms with Crippen LogP contribution in [0.3, 0.4) is 0 Å². The number of quaternary nitrogens is 1. The van der Waals surface area contributed by atoms with Crippen molar-refractivity contribution < 1.29 is 9.69 Å². The molecule has 1 heterocycles. The summed E-state index contributed by atoms with van der Waals surface area (Å²) in [6, 6.07) is 8.50. The Kier molecular flexibility index (Phi) is 5.61. The third-order valence-electron chi connectivity index (χ3n) is 3.75. The lowest BCUT2D eigenvalue weighted by Crippen LogP contribution is -3.13. The van der Waals surface area contributed by atoms with Gasteiger partial charge >= 0.3 is 0 Å². The summed E-state index contributed by atoms with van der Waals surface area (Å²) in [7, 11) is 0. The Balaban J connectivity index is 1.81. The van der Waals surface area contributed by atoms with Crippen LogP contribution in [-0.4, -0.2) is 37.0 Å². The van der Waals surface area contributed by atoms with Gasteiger partial charge in [0.25, 0.3) is 0 Å². The first-order valence-electron chi connectivity index (χ1n) is 7.40. The molecule has 20 heavy (non-hydrogen) atoms. The van der Waals surface area contributed by atoms with E-state index in [1.54, 1.807) is 4.90 Å². The van der Waals surface area contributed by atoms with E-state index in [1.165, 1.54) is 5.56 Å². The number of rotatable bonds is 4. The molecule has 4 heteroatoms. The van der Waals surface area contributed by atoms with Crippen LogP contribution in [-0.2, 0) is 11.3 Å². The summed E-state index contributed by atoms with van der Waals surface area (Å²) in [6.45, 7) is 9.15. The highest BCUT2D eigenvalue weighted by atomic mass is 79.9. The zero-order valence-corrected chi connectivity index (χ0v) is 13.9. The summed E-state index contributed by atoms with van der Waals surface area (Å²) in [5, 5.41) is 0. The lowest BCUT2D eigenvalue weighted by molar-refractivity contribution is -0.917. The van der Waals surface area contributed by atoms with E-state index < -0.39 is 0 Å². The van der Waals surface area contributed by atoms with E-state index in [2.05, 4.69) is 54.0 Å². The van der Waals surface area contributed by atoms with Crippen LogP contribution in [0, 0.1) is 5.92 Å². The number of carbonyl (C=O) groups excluding carboxylic acids is 1. The number of hydrogen-bond acceptors (Lipinski definition) is 1. The van der Waals surface area contributed by atoms with Gasteiger partial charge in [0, 0.05) is 16.5 Å². The normalized spacial score (nSPS) is 16.7. The van der Waals surface area contributed by atoms with E-state index in [4.69, 9.17) is 0 Å². The highest BCUT2D eigenvalue weighted by Crippen LogP contribution is 2.11. The molecule has 0 unspecified atom stereocenters. The van der Waals surface area contributed by atoms with Crippen molar-refractivity contribution in [3.63, 3.8) is 0 Å². The van der Waals surface area contributed by atoms with Gasteiger partial charge in [0.15, 0.2) is 0 Å². The molecular formula is C16H24BrN2O+. The van der Waals surface area contributed by atoms with Gasteiger partial charge in [-0.15, -0.1) is 0 Å². The molecule has 0 aromatic heterocycles. The monoisotopic (exact) mass is 339 g/mol. The minimum atomic E-state index is 0.321. The van der Waals surface area contributed by atoms with E-state index >= 15 is 0 Å². The van der Waals surface area contributed by atoms with Gasteiger partial charge in [0.2, 0.25) is 5.91 Å². The smallest absolute Gasteiger partial charge is 0.223 e. The Bertz CT molecular complexity index is 454. The van der Waals surface area contributed by atoms with Crippen LogP contribution in [0.5, 0.6) is 0 Å². The number of amides is 1. The number of nitrogens with zero attached hydrogens (tertiary/aromatic N) is 1. The van der Waals surface area contributed by atoms with Crippen LogP contribution in [0.15, 0.2) is 28.7 Å². The molecular weight excluding hydrogens is 316 g/mol. The lowest BCUT2D eigenvalue weighted by atomic mass is 10.1. The van der Waals surface area contributed by atoms with E-state index in [0.717, 1.165) is 37.2 Å². The Morgan fingerprint density at radius 3 is 2.65 bits per heavy atom. The lowest BCUT2D eigenvalue weighted by Gasteiger charge is -2.32. The highest BCUT2D eigenvalue weighted by molar-refractivity contribution is 9.10. The molecule has 1 aliphatic rings. The summed E-state index contributed by atoms with van der Waals surface area (Å²) >= 11 is 3.52. The Morgan fingerprint density at radius 1 is 1.35 bits per heavy atom. The second-order valence-electron chi connectivity index (χ2n) is 6.04. The fourth-order valence-corrected chi connectivity index (χ4v) is 3.11. The summed E-state index contributed by atoms with van der Waals surface area (Å²) in [4.78, 5) is 15.6. The third kappa shape index (κ3) is 4.60. The zero-order valence-electron chi connectivity index (χ0n) is 12.4. The number of piperazine rings is 1. The van der Waals surface area contributed by atoms with Crippen molar-refractivity contribution in [2.75, 3.05) is 26.2 Å². The van der Waals surface area contributed by atoms with Crippen LogP contribution in [0.2, 0.25) is 0 Å². The van der Waals surface area contributed by atoms with Gasteiger partial charge in [-0.2, -0.15) is 0 Å². The quantitative estimate of drug-likeness (QED) is 0.887. The van der Waals surface area contributed by atoms with Crippen LogP contribution < -0.4 is 4.90 Å². The number of nitrogens with one attached hydrogen (secondary N) is 1. The predicted octanol–water partition coefficient (Wildman–Crippen LogP) is 1.72. The van der Waals surface area contributed by atoms with Gasteiger partial charge in [-0.05, 0) is 18.1 Å². The second kappa shape index (κ2) is 7.23. The number of halogens is 1. The highest BCUT2D eigenvalue weighted by Gasteiger charge is 2.23. The SMILES string of the molecule is CC(C)CC(=O)N1CC[NH+](Cc2cccc(Br)c2)CC1. The van der Waals surface area contributed by atoms with E-state index in [1.807, 2.05) is 4.90 Å². The van der Waals surface area contributed by atoms with Crippen LogP contribution in [0.4, 0.5) is 0 Å². The van der Waals surface area contributed by atoms with Gasteiger partial charge in [-0.3, -0.25) is 4.79 Å². The first-order valence-corrected chi connectivity index (χ1v) is 8.19. The van der Waals surface area contributed by atoms with Crippen molar-refractivity contribution in [1.29, 1.82) is 0 Å². The van der Waals surface area contributed by atoms with Gasteiger partial charge in [-0.1, -0.05) is 41.9 Å². The minimum Gasteiger partial charge on any atom is -0.331 e. The Hall–Kier alpha value is -0.870. The van der Waals surface area contributed by atoms with Crippen molar-refractivity contribution in [3.8, 4) is 0 Å². The molecule has 0 saturated carbocycles. The zero-order chi connectivity index (χ0) is 14.5. The summed E-state index contributed by atoms with van der Waals surface area (Å²) < 4.78 is 1.14. The van der Waals surface area contributed by atoms with E-state index in [9.17, 15) is 4.79 Å². The fourth-order valence-electron chi connectivity index (χ4n) is 2.66. The molecule has 110 valence electrons. The summed E-state index contributed by atoms with van der Waals surface area (Å²) in [6.07, 6.45) is 0.682. The van der Waals surface area contributed by atoms with E-state index in [-0.39, 0.29) is 0 Å². The molecule has 1 aliphatic heterocycles. The molecule has 0 spiro atoms. The van der Waals surface area contributed by atoms with Gasteiger partial charge in [-0.25, -0.2) is 0 Å². The van der Waals surface area contributed by atoms with Crippen molar-refractivity contribution in [1.82, 2.24) is 4.90 Å². The second-order valence-corrected chi connectivity index (χ2v) is 6.95. The molecule has 0 atom stereocenters. The van der Waals surface area contributed by atoms with Crippen molar-refractivity contribution in [3.05, 3.63) is 34.3 Å². The molecule has 1 amide bonds. The van der Waals surface area contributed by atoms with Gasteiger partial charge in [0.1, 0.15) is 6.54 Å². The van der Waals surface area contributed by atoms with E-state index in [0.29, 0.717) is 18.2 Å². The maximum absolute atomic E-state index is 12.0. The number of hydrogen-bond donors (Lipinski definition) is 1. The maximum atomic E-state index is 12.0. The molecule has 1 saturated heterocycles. The molecule has 1 aromatic carbocycles. The Morgan fingerprint density at radius 2 is 2.05 bits per heavy atom. The summed E-state index contributed by atoms with van der Waals surface area (Å²) in [5.74, 6) is 0.774. The van der Waals surface area contributed by atoms with Gasteiger partial charge in [0.05, 0.1) is 26.2 Å². The fraction of sp³-hybridized carbons (Fsp3) is 0.562. The van der Waals surface area contributed by atoms with Crippen LogP contribution in [0.1, 0.15) is 25.8 Å². The number of benzene rings is 1. The molecule has 0 bridgehead atoms. The minimum absolute atomic E-state index is 0.321. The molecule has 0 radical (unpaired) electrons. The predicted molar refractivity (Wildman–Crippen MR) is 84.6 cm³/mol. The first-order chi connectivity index (χ1) is 9.54. The first kappa shape index (κ1) is 15.5. The molecule has 1 N–H and O–H groups in total. The van der Waals surface area contributed by atoms with Crippen LogP contribution >= 0.6 is 15.9 Å². The summed E-state index contributed by atoms with van der Waals surface area (Å²) in [5.41, 5.74) is 1.36. The van der Waals surface area contributed by atoms with Gasteiger partial charge < -0.3 is 9.80 Å². The molecule has 1 aromatic rings. The van der Waals surface area contributed by atoms with Crippen LogP contribution in [0.25, 0.3) is 0 Å². The number of carbonyl (C=O) groups is 1. The standard InChI is InChI=1S/C16H23BrN2O/c1-13(2)10-16(20)19-8-6-18(7-9-19)12-14-4-3-5-15(17)11-14/h3-5,11,13H,6-10,12H2,1-2H3/p+1. The average molecular weight is 340 g/mol. The molecule has 2 rings (SSSR count). The van der Waals surface area contributed by atoms with Crippen molar-refractivity contribution in [2.24, 2.45) is 5.92 Å². The molecule has 1 fully saturated rings. The molecule has 0 aliphatic carbocycles. The third-order valence-corrected chi connectivity index (χ3v) is 4.24. The Labute approximate surface area is 130 Å². The maximum Gasteiger partial charge on any atom is 0.223 e. The molecule has 3 nitrogen and oxygen atoms in total.